The van der Waals surface area contributed by atoms with Crippen LogP contribution in [0.25, 0.3) is 22.7 Å². The maximum atomic E-state index is 13.3. The summed E-state index contributed by atoms with van der Waals surface area (Å²) in [6, 6.07) is 16.5. The van der Waals surface area contributed by atoms with E-state index in [0.717, 1.165) is 36.0 Å². The zero-order valence-electron chi connectivity index (χ0n) is 21.5. The molecule has 1 saturated carbocycles. The first-order chi connectivity index (χ1) is 19.0. The average molecular weight is 526 g/mol. The molecule has 0 saturated heterocycles. The standard InChI is InChI=1S/C28H27N7O4/c1-34-25(33-23(24(38-2)28(34)37)27(36)31-19-15-30-39-16-19)26-32-21-13-18(29-14-17-7-4-3-5-8-17)11-12-22(21)35(26)20-9-6-10-20/h3-5,7-8,11-13,15-16,20,29H,6,9-10,14H2,1-2H3,(H,31,36). The molecule has 39 heavy (non-hydrogen) atoms. The van der Waals surface area contributed by atoms with Crippen LogP contribution >= 0.6 is 0 Å². The number of carbonyl (C=O) groups is 1. The molecule has 1 amide bonds. The number of fused-ring (bicyclic) bond motifs is 1. The third-order valence-electron chi connectivity index (χ3n) is 7.03. The first kappa shape index (κ1) is 24.4. The molecule has 0 aliphatic heterocycles. The minimum Gasteiger partial charge on any atom is -0.489 e. The smallest absolute Gasteiger partial charge is 0.296 e. The summed E-state index contributed by atoms with van der Waals surface area (Å²) < 4.78 is 13.6. The highest BCUT2D eigenvalue weighted by Crippen LogP contribution is 2.38. The maximum absolute atomic E-state index is 13.3. The SMILES string of the molecule is COc1c(C(=O)Nc2cnoc2)nc(-c2nc3cc(NCc4ccccc4)ccc3n2C2CCC2)n(C)c1=O. The second-order valence-corrected chi connectivity index (χ2v) is 9.48. The Morgan fingerprint density at radius 2 is 1.92 bits per heavy atom. The van der Waals surface area contributed by atoms with Gasteiger partial charge in [0.1, 0.15) is 12.0 Å². The number of hydrogen-bond acceptors (Lipinski definition) is 8. The average Bonchev–Trinajstić information content (AvgIpc) is 3.56. The van der Waals surface area contributed by atoms with Gasteiger partial charge in [0, 0.05) is 25.3 Å². The summed E-state index contributed by atoms with van der Waals surface area (Å²) in [4.78, 5) is 36.0. The second-order valence-electron chi connectivity index (χ2n) is 9.48. The molecule has 0 unspecified atom stereocenters. The number of nitrogens with zero attached hydrogens (tertiary/aromatic N) is 5. The third kappa shape index (κ3) is 4.52. The summed E-state index contributed by atoms with van der Waals surface area (Å²) >= 11 is 0. The van der Waals surface area contributed by atoms with E-state index in [4.69, 9.17) is 14.2 Å². The molecule has 0 bridgehead atoms. The van der Waals surface area contributed by atoms with Gasteiger partial charge >= 0.3 is 0 Å². The zero-order valence-corrected chi connectivity index (χ0v) is 21.5. The van der Waals surface area contributed by atoms with E-state index >= 15 is 0 Å². The minimum atomic E-state index is -0.618. The van der Waals surface area contributed by atoms with Crippen LogP contribution in [0.1, 0.15) is 41.4 Å². The molecule has 2 N–H and O–H groups in total. The molecule has 6 rings (SSSR count). The largest absolute Gasteiger partial charge is 0.489 e. The van der Waals surface area contributed by atoms with Crippen molar-refractivity contribution in [1.82, 2.24) is 24.3 Å². The van der Waals surface area contributed by atoms with E-state index in [1.807, 2.05) is 36.4 Å². The molecule has 11 heteroatoms. The lowest BCUT2D eigenvalue weighted by atomic mass is 9.92. The molecule has 1 aliphatic carbocycles. The van der Waals surface area contributed by atoms with Gasteiger partial charge in [0.05, 0.1) is 24.3 Å². The van der Waals surface area contributed by atoms with Gasteiger partial charge in [-0.3, -0.25) is 14.2 Å². The number of methoxy groups -OCH3 is 1. The van der Waals surface area contributed by atoms with Crippen LogP contribution < -0.4 is 20.9 Å². The van der Waals surface area contributed by atoms with Crippen molar-refractivity contribution in [2.24, 2.45) is 7.05 Å². The normalized spacial score (nSPS) is 13.3. The Labute approximate surface area is 223 Å². The fourth-order valence-corrected chi connectivity index (χ4v) is 4.76. The number of hydrogen-bond donors (Lipinski definition) is 2. The van der Waals surface area contributed by atoms with Crippen LogP contribution in [0.4, 0.5) is 11.4 Å². The van der Waals surface area contributed by atoms with Gasteiger partial charge < -0.3 is 24.5 Å². The highest BCUT2D eigenvalue weighted by molar-refractivity contribution is 6.04. The van der Waals surface area contributed by atoms with Gasteiger partial charge in [0.2, 0.25) is 5.75 Å². The number of rotatable bonds is 8. The number of anilines is 2. The third-order valence-corrected chi connectivity index (χ3v) is 7.03. The minimum absolute atomic E-state index is 0.144. The van der Waals surface area contributed by atoms with Crippen LogP contribution in [-0.2, 0) is 13.6 Å². The Morgan fingerprint density at radius 3 is 2.62 bits per heavy atom. The van der Waals surface area contributed by atoms with Crippen molar-refractivity contribution in [3.63, 3.8) is 0 Å². The van der Waals surface area contributed by atoms with Gasteiger partial charge in [0.25, 0.3) is 11.5 Å². The van der Waals surface area contributed by atoms with Gasteiger partial charge in [-0.05, 0) is 43.0 Å². The van der Waals surface area contributed by atoms with Crippen molar-refractivity contribution in [1.29, 1.82) is 0 Å². The summed E-state index contributed by atoms with van der Waals surface area (Å²) in [6.45, 7) is 0.682. The van der Waals surface area contributed by atoms with E-state index in [2.05, 4.69) is 37.5 Å². The Bertz CT molecular complexity index is 1700. The Hall–Kier alpha value is -4.93. The fraction of sp³-hybridized carbons (Fsp3) is 0.250. The number of carbonyl (C=O) groups excluding carboxylic acids is 1. The number of imidazole rings is 1. The van der Waals surface area contributed by atoms with E-state index in [9.17, 15) is 9.59 Å². The van der Waals surface area contributed by atoms with Crippen molar-refractivity contribution in [2.75, 3.05) is 17.7 Å². The Morgan fingerprint density at radius 1 is 1.10 bits per heavy atom. The summed E-state index contributed by atoms with van der Waals surface area (Å²) in [7, 11) is 2.94. The van der Waals surface area contributed by atoms with Crippen LogP contribution in [0.2, 0.25) is 0 Å². The topological polar surface area (TPSA) is 129 Å². The van der Waals surface area contributed by atoms with E-state index in [1.165, 1.54) is 29.7 Å². The molecule has 0 atom stereocenters. The van der Waals surface area contributed by atoms with Crippen molar-refractivity contribution in [3.8, 4) is 17.4 Å². The molecule has 5 aromatic rings. The van der Waals surface area contributed by atoms with E-state index in [0.29, 0.717) is 18.1 Å². The molecular weight excluding hydrogens is 498 g/mol. The molecule has 1 aliphatic rings. The first-order valence-electron chi connectivity index (χ1n) is 12.7. The quantitative estimate of drug-likeness (QED) is 0.305. The zero-order chi connectivity index (χ0) is 26.9. The predicted octanol–water partition coefficient (Wildman–Crippen LogP) is 4.38. The molecule has 1 fully saturated rings. The number of ether oxygens (including phenoxy) is 1. The van der Waals surface area contributed by atoms with Crippen LogP contribution in [0.3, 0.4) is 0 Å². The molecule has 3 aromatic heterocycles. The number of nitrogens with one attached hydrogen (secondary N) is 2. The maximum Gasteiger partial charge on any atom is 0.296 e. The van der Waals surface area contributed by atoms with Crippen molar-refractivity contribution < 1.29 is 14.1 Å². The van der Waals surface area contributed by atoms with Crippen LogP contribution in [0.5, 0.6) is 5.75 Å². The first-order valence-corrected chi connectivity index (χ1v) is 12.7. The van der Waals surface area contributed by atoms with E-state index in [-0.39, 0.29) is 23.3 Å². The molecule has 3 heterocycles. The lowest BCUT2D eigenvalue weighted by molar-refractivity contribution is 0.101. The number of aromatic nitrogens is 5. The van der Waals surface area contributed by atoms with Gasteiger partial charge in [-0.25, -0.2) is 9.97 Å². The predicted molar refractivity (Wildman–Crippen MR) is 146 cm³/mol. The molecule has 0 spiro atoms. The summed E-state index contributed by atoms with van der Waals surface area (Å²) in [5, 5.41) is 9.69. The highest BCUT2D eigenvalue weighted by atomic mass is 16.5. The van der Waals surface area contributed by atoms with E-state index < -0.39 is 11.5 Å². The number of amides is 1. The Balaban J connectivity index is 1.44. The van der Waals surface area contributed by atoms with E-state index in [1.54, 1.807) is 7.05 Å². The molecule has 2 aromatic carbocycles. The summed E-state index contributed by atoms with van der Waals surface area (Å²) in [5.74, 6) is 0.0240. The Kier molecular flexibility index (Phi) is 6.31. The second kappa shape index (κ2) is 10.1. The van der Waals surface area contributed by atoms with Gasteiger partial charge in [-0.15, -0.1) is 0 Å². The van der Waals surface area contributed by atoms with Crippen LogP contribution in [0.15, 0.2) is 70.3 Å². The van der Waals surface area contributed by atoms with Gasteiger partial charge in [0.15, 0.2) is 17.3 Å². The molecule has 11 nitrogen and oxygen atoms in total. The number of benzene rings is 2. The molecular formula is C28H27N7O4. The van der Waals surface area contributed by atoms with Gasteiger partial charge in [-0.1, -0.05) is 35.5 Å². The lowest BCUT2D eigenvalue weighted by Gasteiger charge is -2.29. The summed E-state index contributed by atoms with van der Waals surface area (Å²) in [6.07, 6.45) is 5.74. The highest BCUT2D eigenvalue weighted by Gasteiger charge is 2.29. The van der Waals surface area contributed by atoms with Crippen LogP contribution in [-0.4, -0.2) is 37.3 Å². The van der Waals surface area contributed by atoms with Crippen molar-refractivity contribution >= 4 is 28.3 Å². The van der Waals surface area contributed by atoms with Crippen molar-refractivity contribution in [3.05, 3.63) is 82.6 Å². The van der Waals surface area contributed by atoms with Gasteiger partial charge in [-0.2, -0.15) is 0 Å². The molecule has 0 radical (unpaired) electrons. The lowest BCUT2D eigenvalue weighted by Crippen LogP contribution is -2.28. The molecule has 198 valence electrons. The van der Waals surface area contributed by atoms with Crippen molar-refractivity contribution in [2.45, 2.75) is 31.8 Å². The summed E-state index contributed by atoms with van der Waals surface area (Å²) in [5.41, 5.74) is 3.53. The van der Waals surface area contributed by atoms with Crippen LogP contribution in [0, 0.1) is 0 Å². The monoisotopic (exact) mass is 525 g/mol. The fourth-order valence-electron chi connectivity index (χ4n) is 4.76.